The molecule has 106 valence electrons. The number of aromatic hydroxyl groups is 1. The predicted molar refractivity (Wildman–Crippen MR) is 94.4 cm³/mol. The molecule has 4 aromatic rings. The van der Waals surface area contributed by atoms with E-state index >= 15 is 0 Å². The van der Waals surface area contributed by atoms with Gasteiger partial charge in [0.2, 0.25) is 0 Å². The normalized spacial score (nSPS) is 10.9. The molecule has 0 unspecified atom stereocenters. The number of benzene rings is 3. The van der Waals surface area contributed by atoms with Crippen molar-refractivity contribution >= 4 is 21.4 Å². The van der Waals surface area contributed by atoms with Gasteiger partial charge in [0.05, 0.1) is 0 Å². The Balaban J connectivity index is 1.98. The Labute approximate surface area is 133 Å². The van der Waals surface area contributed by atoms with E-state index in [2.05, 4.69) is 30.3 Å². The first-order chi connectivity index (χ1) is 10.8. The first-order valence-electron chi connectivity index (χ1n) is 7.19. The highest BCUT2D eigenvalue weighted by Gasteiger charge is 2.13. The molecule has 22 heavy (non-hydrogen) atoms. The van der Waals surface area contributed by atoms with Crippen LogP contribution in [0.2, 0.25) is 0 Å². The Morgan fingerprint density at radius 3 is 2.00 bits per heavy atom. The third-order valence-electron chi connectivity index (χ3n) is 3.80. The Hall–Kier alpha value is -2.58. The van der Waals surface area contributed by atoms with Gasteiger partial charge in [0.25, 0.3) is 0 Å². The van der Waals surface area contributed by atoms with Crippen LogP contribution in [0, 0.1) is 0 Å². The molecule has 0 spiro atoms. The van der Waals surface area contributed by atoms with Gasteiger partial charge in [0.1, 0.15) is 5.75 Å². The number of fused-ring (bicyclic) bond motifs is 1. The second-order valence-corrected chi connectivity index (χ2v) is 6.30. The molecule has 0 atom stereocenters. The summed E-state index contributed by atoms with van der Waals surface area (Å²) < 4.78 is 1.19. The van der Waals surface area contributed by atoms with Crippen molar-refractivity contribution < 1.29 is 5.11 Å². The lowest BCUT2D eigenvalue weighted by Crippen LogP contribution is -1.79. The van der Waals surface area contributed by atoms with Gasteiger partial charge in [-0.25, -0.2) is 0 Å². The maximum absolute atomic E-state index is 10.3. The molecule has 4 rings (SSSR count). The highest BCUT2D eigenvalue weighted by Crippen LogP contribution is 2.42. The second kappa shape index (κ2) is 5.32. The number of phenols is 1. The minimum absolute atomic E-state index is 0.330. The van der Waals surface area contributed by atoms with Gasteiger partial charge in [-0.15, -0.1) is 11.3 Å². The van der Waals surface area contributed by atoms with Gasteiger partial charge in [0, 0.05) is 20.5 Å². The molecular formula is C20H14OS. The molecule has 2 heteroatoms. The van der Waals surface area contributed by atoms with Gasteiger partial charge in [0.15, 0.2) is 0 Å². The van der Waals surface area contributed by atoms with E-state index in [1.165, 1.54) is 15.1 Å². The fourth-order valence-corrected chi connectivity index (χ4v) is 3.83. The van der Waals surface area contributed by atoms with Crippen LogP contribution in [-0.4, -0.2) is 5.11 Å². The minimum Gasteiger partial charge on any atom is -0.507 e. The summed E-state index contributed by atoms with van der Waals surface area (Å²) in [7, 11) is 0. The molecule has 0 bridgehead atoms. The van der Waals surface area contributed by atoms with Crippen LogP contribution in [0.3, 0.4) is 0 Å². The van der Waals surface area contributed by atoms with Crippen molar-refractivity contribution in [2.45, 2.75) is 0 Å². The highest BCUT2D eigenvalue weighted by molar-refractivity contribution is 7.22. The number of hydrogen-bond donors (Lipinski definition) is 1. The molecule has 1 aromatic heterocycles. The van der Waals surface area contributed by atoms with Crippen molar-refractivity contribution in [3.05, 3.63) is 78.9 Å². The molecule has 0 saturated heterocycles. The van der Waals surface area contributed by atoms with Crippen molar-refractivity contribution in [3.63, 3.8) is 0 Å². The number of thiophene rings is 1. The smallest absolute Gasteiger partial charge is 0.124 e. The van der Waals surface area contributed by atoms with Crippen molar-refractivity contribution in [2.24, 2.45) is 0 Å². The van der Waals surface area contributed by atoms with Crippen LogP contribution in [0.4, 0.5) is 0 Å². The average Bonchev–Trinajstić information content (AvgIpc) is 3.00. The van der Waals surface area contributed by atoms with E-state index in [9.17, 15) is 5.11 Å². The average molecular weight is 302 g/mol. The first-order valence-corrected chi connectivity index (χ1v) is 8.01. The molecule has 0 aliphatic carbocycles. The van der Waals surface area contributed by atoms with E-state index in [-0.39, 0.29) is 0 Å². The van der Waals surface area contributed by atoms with Crippen LogP contribution in [-0.2, 0) is 0 Å². The van der Waals surface area contributed by atoms with Gasteiger partial charge in [-0.1, -0.05) is 60.7 Å². The molecule has 1 heterocycles. The minimum atomic E-state index is 0.330. The van der Waals surface area contributed by atoms with E-state index < -0.39 is 0 Å². The van der Waals surface area contributed by atoms with Crippen molar-refractivity contribution in [2.75, 3.05) is 0 Å². The van der Waals surface area contributed by atoms with E-state index in [4.69, 9.17) is 0 Å². The quantitative estimate of drug-likeness (QED) is 0.486. The Bertz CT molecular complexity index is 924. The Morgan fingerprint density at radius 1 is 0.682 bits per heavy atom. The molecule has 0 saturated carbocycles. The number of phenolic OH excluding ortho intramolecular Hbond substituents is 1. The molecule has 1 N–H and O–H groups in total. The second-order valence-electron chi connectivity index (χ2n) is 5.21. The van der Waals surface area contributed by atoms with E-state index in [1.54, 1.807) is 17.4 Å². The molecular weight excluding hydrogens is 288 g/mol. The van der Waals surface area contributed by atoms with Crippen LogP contribution in [0.25, 0.3) is 31.7 Å². The van der Waals surface area contributed by atoms with Crippen molar-refractivity contribution in [3.8, 4) is 27.3 Å². The van der Waals surface area contributed by atoms with Crippen LogP contribution < -0.4 is 0 Å². The first kappa shape index (κ1) is 13.1. The van der Waals surface area contributed by atoms with Crippen molar-refractivity contribution in [1.82, 2.24) is 0 Å². The lowest BCUT2D eigenvalue weighted by Gasteiger charge is -2.06. The summed E-state index contributed by atoms with van der Waals surface area (Å²) in [6, 6.07) is 26.4. The summed E-state index contributed by atoms with van der Waals surface area (Å²) in [6.07, 6.45) is 0. The topological polar surface area (TPSA) is 20.2 Å². The molecule has 0 aliphatic rings. The van der Waals surface area contributed by atoms with Gasteiger partial charge >= 0.3 is 0 Å². The molecule has 0 radical (unpaired) electrons. The predicted octanol–water partition coefficient (Wildman–Crippen LogP) is 5.94. The molecule has 0 aliphatic heterocycles. The highest BCUT2D eigenvalue weighted by atomic mass is 32.1. The zero-order valence-electron chi connectivity index (χ0n) is 11.9. The third kappa shape index (κ3) is 2.18. The summed E-state index contributed by atoms with van der Waals surface area (Å²) in [4.78, 5) is 1.22. The van der Waals surface area contributed by atoms with E-state index in [0.717, 1.165) is 16.5 Å². The summed E-state index contributed by atoms with van der Waals surface area (Å²) in [5.41, 5.74) is 3.17. The van der Waals surface area contributed by atoms with Gasteiger partial charge < -0.3 is 5.11 Å². The summed E-state index contributed by atoms with van der Waals surface area (Å²) in [6.45, 7) is 0. The molecule has 0 amide bonds. The van der Waals surface area contributed by atoms with Crippen molar-refractivity contribution in [1.29, 1.82) is 0 Å². The molecule has 3 aromatic carbocycles. The maximum atomic E-state index is 10.3. The maximum Gasteiger partial charge on any atom is 0.124 e. The van der Waals surface area contributed by atoms with E-state index in [0.29, 0.717) is 5.75 Å². The van der Waals surface area contributed by atoms with E-state index in [1.807, 2.05) is 42.5 Å². The monoisotopic (exact) mass is 302 g/mol. The standard InChI is InChI=1S/C20H14OS/c21-17-11-12-18-16(20(17)15-9-5-2-6-10-15)13-19(22-18)14-7-3-1-4-8-14/h1-13,21H. The molecule has 0 fully saturated rings. The lowest BCUT2D eigenvalue weighted by molar-refractivity contribution is 0.478. The fourth-order valence-electron chi connectivity index (χ4n) is 2.75. The summed E-state index contributed by atoms with van der Waals surface area (Å²) in [5, 5.41) is 11.5. The zero-order valence-corrected chi connectivity index (χ0v) is 12.7. The number of rotatable bonds is 2. The fraction of sp³-hybridized carbons (Fsp3) is 0. The van der Waals surface area contributed by atoms with Gasteiger partial charge in [-0.3, -0.25) is 0 Å². The summed E-state index contributed by atoms with van der Waals surface area (Å²) >= 11 is 1.76. The lowest BCUT2D eigenvalue weighted by atomic mass is 10.0. The van der Waals surface area contributed by atoms with Crippen LogP contribution in [0.1, 0.15) is 0 Å². The van der Waals surface area contributed by atoms with Gasteiger partial charge in [-0.2, -0.15) is 0 Å². The SMILES string of the molecule is Oc1ccc2sc(-c3ccccc3)cc2c1-c1ccccc1. The largest absolute Gasteiger partial charge is 0.507 e. The van der Waals surface area contributed by atoms with Crippen LogP contribution in [0.5, 0.6) is 5.75 Å². The Kier molecular flexibility index (Phi) is 3.17. The van der Waals surface area contributed by atoms with Gasteiger partial charge in [-0.05, 0) is 29.3 Å². The van der Waals surface area contributed by atoms with Crippen LogP contribution in [0.15, 0.2) is 78.9 Å². The number of hydrogen-bond acceptors (Lipinski definition) is 2. The summed E-state index contributed by atoms with van der Waals surface area (Å²) in [5.74, 6) is 0.330. The third-order valence-corrected chi connectivity index (χ3v) is 4.95. The van der Waals surface area contributed by atoms with Crippen LogP contribution >= 0.6 is 11.3 Å². The molecule has 1 nitrogen and oxygen atoms in total. The zero-order chi connectivity index (χ0) is 14.9. The Morgan fingerprint density at radius 2 is 1.32 bits per heavy atom.